The molecule has 3 rings (SSSR count). The molecule has 21 heavy (non-hydrogen) atoms. The Morgan fingerprint density at radius 1 is 1.19 bits per heavy atom. The number of imidazole rings is 1. The number of rotatable bonds is 2. The number of aromatic amines is 1. The van der Waals surface area contributed by atoms with Crippen LogP contribution in [-0.4, -0.2) is 16.7 Å². The average molecular weight is 339 g/mol. The summed E-state index contributed by atoms with van der Waals surface area (Å²) in [5, 5.41) is 1.30. The predicted octanol–water partition coefficient (Wildman–Crippen LogP) is 5.31. The highest BCUT2D eigenvalue weighted by atomic mass is 35.5. The zero-order chi connectivity index (χ0) is 15.1. The van der Waals surface area contributed by atoms with Gasteiger partial charge in [0.1, 0.15) is 5.75 Å². The zero-order valence-electron chi connectivity index (χ0n) is 11.4. The molecule has 0 aliphatic rings. The Hall–Kier alpha value is -1.49. The number of methoxy groups -OCH3 is 1. The van der Waals surface area contributed by atoms with Crippen LogP contribution in [0.1, 0.15) is 5.56 Å². The monoisotopic (exact) mass is 338 g/mol. The molecule has 108 valence electrons. The quantitative estimate of drug-likeness (QED) is 0.641. The van der Waals surface area contributed by atoms with Crippen LogP contribution in [0.15, 0.2) is 30.3 Å². The number of aromatic nitrogens is 2. The highest BCUT2D eigenvalue weighted by molar-refractivity contribution is 7.71. The fourth-order valence-electron chi connectivity index (χ4n) is 2.30. The van der Waals surface area contributed by atoms with E-state index >= 15 is 0 Å². The number of benzene rings is 2. The minimum absolute atomic E-state index is 0.576. The van der Waals surface area contributed by atoms with Crippen LogP contribution < -0.4 is 4.74 Å². The second kappa shape index (κ2) is 5.37. The van der Waals surface area contributed by atoms with Crippen molar-refractivity contribution in [3.63, 3.8) is 0 Å². The van der Waals surface area contributed by atoms with E-state index in [1.54, 1.807) is 13.2 Å². The minimum atomic E-state index is 0.576. The Balaban J connectivity index is 2.40. The minimum Gasteiger partial charge on any atom is -0.495 e. The van der Waals surface area contributed by atoms with Crippen LogP contribution in [0, 0.1) is 11.7 Å². The van der Waals surface area contributed by atoms with Crippen molar-refractivity contribution in [2.24, 2.45) is 0 Å². The second-order valence-corrected chi connectivity index (χ2v) is 5.93. The molecule has 0 bridgehead atoms. The fraction of sp³-hybridized carbons (Fsp3) is 0.133. The van der Waals surface area contributed by atoms with Gasteiger partial charge in [-0.15, -0.1) is 0 Å². The molecule has 2 aromatic carbocycles. The lowest BCUT2D eigenvalue weighted by atomic mass is 10.2. The topological polar surface area (TPSA) is 29.9 Å². The standard InChI is InChI=1S/C15H12Cl2N2OS/c1-8-5-13(14(20-2)7-10(8)17)19-12-6-9(16)3-4-11(12)18-15(19)21/h3-7H,1-2H3,(H,18,21). The molecule has 0 aliphatic heterocycles. The lowest BCUT2D eigenvalue weighted by Crippen LogP contribution is -1.99. The van der Waals surface area contributed by atoms with E-state index in [4.69, 9.17) is 40.2 Å². The summed E-state index contributed by atoms with van der Waals surface area (Å²) in [6.45, 7) is 1.94. The van der Waals surface area contributed by atoms with Crippen LogP contribution >= 0.6 is 35.4 Å². The normalized spacial score (nSPS) is 11.0. The molecule has 1 heterocycles. The van der Waals surface area contributed by atoms with Crippen LogP contribution in [0.5, 0.6) is 5.75 Å². The van der Waals surface area contributed by atoms with Crippen molar-refractivity contribution in [2.45, 2.75) is 6.92 Å². The van der Waals surface area contributed by atoms with Crippen molar-refractivity contribution in [3.8, 4) is 11.4 Å². The first-order chi connectivity index (χ1) is 10.0. The van der Waals surface area contributed by atoms with Gasteiger partial charge in [0.25, 0.3) is 0 Å². The molecule has 0 spiro atoms. The van der Waals surface area contributed by atoms with Crippen molar-refractivity contribution in [3.05, 3.63) is 50.7 Å². The number of nitrogens with zero attached hydrogens (tertiary/aromatic N) is 1. The molecule has 0 fully saturated rings. The van der Waals surface area contributed by atoms with Gasteiger partial charge >= 0.3 is 0 Å². The van der Waals surface area contributed by atoms with E-state index in [9.17, 15) is 0 Å². The predicted molar refractivity (Wildman–Crippen MR) is 89.8 cm³/mol. The lowest BCUT2D eigenvalue weighted by Gasteiger charge is -2.12. The van der Waals surface area contributed by atoms with Gasteiger partial charge in [0.15, 0.2) is 4.77 Å². The zero-order valence-corrected chi connectivity index (χ0v) is 13.7. The van der Waals surface area contributed by atoms with Crippen LogP contribution in [0.4, 0.5) is 0 Å². The molecule has 1 N–H and O–H groups in total. The van der Waals surface area contributed by atoms with Gasteiger partial charge in [0, 0.05) is 16.1 Å². The number of ether oxygens (including phenoxy) is 1. The number of fused-ring (bicyclic) bond motifs is 1. The largest absolute Gasteiger partial charge is 0.495 e. The molecule has 3 nitrogen and oxygen atoms in total. The Morgan fingerprint density at radius 2 is 1.95 bits per heavy atom. The van der Waals surface area contributed by atoms with E-state index in [1.165, 1.54) is 0 Å². The van der Waals surface area contributed by atoms with Gasteiger partial charge in [-0.2, -0.15) is 0 Å². The molecule has 3 aromatic rings. The molecule has 0 saturated carbocycles. The molecule has 0 unspecified atom stereocenters. The number of aryl methyl sites for hydroxylation is 1. The average Bonchev–Trinajstić information content (AvgIpc) is 2.76. The molecule has 6 heteroatoms. The van der Waals surface area contributed by atoms with E-state index in [2.05, 4.69) is 4.98 Å². The molecule has 0 aliphatic carbocycles. The molecular weight excluding hydrogens is 327 g/mol. The van der Waals surface area contributed by atoms with Crippen LogP contribution in [0.25, 0.3) is 16.7 Å². The summed E-state index contributed by atoms with van der Waals surface area (Å²) in [4.78, 5) is 3.17. The summed E-state index contributed by atoms with van der Waals surface area (Å²) in [6, 6.07) is 9.33. The Morgan fingerprint density at radius 3 is 2.67 bits per heavy atom. The van der Waals surface area contributed by atoms with Crippen molar-refractivity contribution in [1.82, 2.24) is 9.55 Å². The SMILES string of the molecule is COc1cc(Cl)c(C)cc1-n1c(=S)[nH]c2ccc(Cl)cc21. The Labute approximate surface area is 137 Å². The van der Waals surface area contributed by atoms with Gasteiger partial charge in [0.2, 0.25) is 0 Å². The van der Waals surface area contributed by atoms with Gasteiger partial charge in [-0.1, -0.05) is 23.2 Å². The van der Waals surface area contributed by atoms with Crippen molar-refractivity contribution >= 4 is 46.5 Å². The number of halogens is 2. The van der Waals surface area contributed by atoms with Gasteiger partial charge in [-0.05, 0) is 49.0 Å². The third kappa shape index (κ3) is 2.44. The first-order valence-corrected chi connectivity index (χ1v) is 7.42. The molecule has 0 radical (unpaired) electrons. The Kier molecular flexibility index (Phi) is 3.69. The summed E-state index contributed by atoms with van der Waals surface area (Å²) in [5.74, 6) is 0.655. The third-order valence-corrected chi connectivity index (χ3v) is 4.27. The fourth-order valence-corrected chi connectivity index (χ4v) is 2.93. The van der Waals surface area contributed by atoms with Crippen LogP contribution in [-0.2, 0) is 0 Å². The maximum atomic E-state index is 6.16. The Bertz CT molecular complexity index is 899. The maximum absolute atomic E-state index is 6.16. The van der Waals surface area contributed by atoms with Crippen LogP contribution in [0.2, 0.25) is 10.0 Å². The highest BCUT2D eigenvalue weighted by Crippen LogP contribution is 2.32. The summed E-state index contributed by atoms with van der Waals surface area (Å²) < 4.78 is 7.92. The highest BCUT2D eigenvalue weighted by Gasteiger charge is 2.13. The third-order valence-electron chi connectivity index (χ3n) is 3.35. The first kappa shape index (κ1) is 14.4. The summed E-state index contributed by atoms with van der Waals surface area (Å²) >= 11 is 17.7. The van der Waals surface area contributed by atoms with Crippen molar-refractivity contribution in [2.75, 3.05) is 7.11 Å². The second-order valence-electron chi connectivity index (χ2n) is 4.70. The van der Waals surface area contributed by atoms with Gasteiger partial charge in [-0.3, -0.25) is 4.57 Å². The van der Waals surface area contributed by atoms with Crippen LogP contribution in [0.3, 0.4) is 0 Å². The van der Waals surface area contributed by atoms with E-state index < -0.39 is 0 Å². The van der Waals surface area contributed by atoms with Gasteiger partial charge < -0.3 is 9.72 Å². The maximum Gasteiger partial charge on any atom is 0.182 e. The molecule has 0 amide bonds. The van der Waals surface area contributed by atoms with E-state index in [-0.39, 0.29) is 0 Å². The molecule has 0 atom stereocenters. The van der Waals surface area contributed by atoms with E-state index in [0.717, 1.165) is 22.3 Å². The number of hydrogen-bond donors (Lipinski definition) is 1. The number of nitrogens with one attached hydrogen (secondary N) is 1. The summed E-state index contributed by atoms with van der Waals surface area (Å²) in [6.07, 6.45) is 0. The van der Waals surface area contributed by atoms with E-state index in [0.29, 0.717) is 20.6 Å². The summed E-state index contributed by atoms with van der Waals surface area (Å²) in [5.41, 5.74) is 3.59. The lowest BCUT2D eigenvalue weighted by molar-refractivity contribution is 0.413. The first-order valence-electron chi connectivity index (χ1n) is 6.26. The smallest absolute Gasteiger partial charge is 0.182 e. The molecule has 1 aromatic heterocycles. The molecule has 0 saturated heterocycles. The van der Waals surface area contributed by atoms with E-state index in [1.807, 2.05) is 35.8 Å². The van der Waals surface area contributed by atoms with Gasteiger partial charge in [0.05, 0.1) is 23.8 Å². The summed E-state index contributed by atoms with van der Waals surface area (Å²) in [7, 11) is 1.61. The number of hydrogen-bond acceptors (Lipinski definition) is 2. The van der Waals surface area contributed by atoms with Crippen molar-refractivity contribution < 1.29 is 4.74 Å². The number of H-pyrrole nitrogens is 1. The van der Waals surface area contributed by atoms with Gasteiger partial charge in [-0.25, -0.2) is 0 Å². The molecular formula is C15H12Cl2N2OS. The van der Waals surface area contributed by atoms with Crippen molar-refractivity contribution in [1.29, 1.82) is 0 Å².